The first-order valence-corrected chi connectivity index (χ1v) is 9.88. The number of guanidine groups is 1. The van der Waals surface area contributed by atoms with Gasteiger partial charge in [0.1, 0.15) is 11.5 Å². The van der Waals surface area contributed by atoms with Crippen molar-refractivity contribution < 1.29 is 4.74 Å². The molecule has 0 amide bonds. The van der Waals surface area contributed by atoms with Crippen LogP contribution < -0.4 is 15.4 Å². The molecule has 0 spiro atoms. The van der Waals surface area contributed by atoms with Crippen molar-refractivity contribution in [2.45, 2.75) is 26.3 Å². The normalized spacial score (nSPS) is 11.0. The Hall–Kier alpha value is -2.55. The average molecular weight is 519 g/mol. The van der Waals surface area contributed by atoms with E-state index in [4.69, 9.17) is 4.74 Å². The largest absolute Gasteiger partial charge is 0.457 e. The molecule has 1 aromatic heterocycles. The highest BCUT2D eigenvalue weighted by Crippen LogP contribution is 2.26. The maximum Gasteiger partial charge on any atom is 0.191 e. The number of hydrogen-bond acceptors (Lipinski definition) is 3. The molecule has 30 heavy (non-hydrogen) atoms. The van der Waals surface area contributed by atoms with Crippen molar-refractivity contribution in [3.05, 3.63) is 77.6 Å². The van der Waals surface area contributed by atoms with E-state index in [9.17, 15) is 0 Å². The minimum atomic E-state index is 0. The van der Waals surface area contributed by atoms with Crippen LogP contribution >= 0.6 is 24.0 Å². The van der Waals surface area contributed by atoms with Crippen LogP contribution in [0.2, 0.25) is 0 Å². The molecular formula is C23H30IN5O. The summed E-state index contributed by atoms with van der Waals surface area (Å²) in [5.41, 5.74) is 3.50. The molecule has 7 heteroatoms. The monoisotopic (exact) mass is 519 g/mol. The van der Waals surface area contributed by atoms with E-state index in [1.807, 2.05) is 48.3 Å². The molecule has 2 aromatic carbocycles. The molecule has 0 aliphatic heterocycles. The van der Waals surface area contributed by atoms with E-state index in [0.717, 1.165) is 48.0 Å². The third kappa shape index (κ3) is 7.37. The zero-order chi connectivity index (χ0) is 20.5. The number of hydrogen-bond donors (Lipinski definition) is 2. The minimum absolute atomic E-state index is 0. The van der Waals surface area contributed by atoms with Crippen LogP contribution in [0.1, 0.15) is 23.1 Å². The van der Waals surface area contributed by atoms with Gasteiger partial charge in [-0.2, -0.15) is 5.10 Å². The maximum atomic E-state index is 6.10. The summed E-state index contributed by atoms with van der Waals surface area (Å²) in [6.45, 7) is 3.54. The second-order valence-corrected chi connectivity index (χ2v) is 7.00. The van der Waals surface area contributed by atoms with Crippen LogP contribution in [0.5, 0.6) is 11.5 Å². The standard InChI is InChI=1S/C23H29N5O.HI/c1-18-11-12-20(22(14-18)29-21-9-5-4-6-10-21)16-26-23(24-2)25-13-7-8-19-15-27-28(3)17-19;/h4-6,9-12,14-15,17H,7-8,13,16H2,1-3H3,(H2,24,25,26);1H. The van der Waals surface area contributed by atoms with Gasteiger partial charge in [-0.3, -0.25) is 9.67 Å². The van der Waals surface area contributed by atoms with Crippen LogP contribution in [0, 0.1) is 6.92 Å². The van der Waals surface area contributed by atoms with Gasteiger partial charge in [0.05, 0.1) is 6.20 Å². The van der Waals surface area contributed by atoms with E-state index < -0.39 is 0 Å². The van der Waals surface area contributed by atoms with Crippen molar-refractivity contribution >= 4 is 29.9 Å². The van der Waals surface area contributed by atoms with Gasteiger partial charge >= 0.3 is 0 Å². The highest BCUT2D eigenvalue weighted by Gasteiger charge is 2.07. The summed E-state index contributed by atoms with van der Waals surface area (Å²) in [5.74, 6) is 2.47. The fraction of sp³-hybridized carbons (Fsp3) is 0.304. The second-order valence-electron chi connectivity index (χ2n) is 7.00. The molecule has 3 rings (SSSR count). The number of aryl methyl sites for hydroxylation is 3. The number of halogens is 1. The Morgan fingerprint density at radius 2 is 1.93 bits per heavy atom. The van der Waals surface area contributed by atoms with E-state index >= 15 is 0 Å². The van der Waals surface area contributed by atoms with Crippen LogP contribution in [0.15, 0.2) is 65.9 Å². The quantitative estimate of drug-likeness (QED) is 0.200. The van der Waals surface area contributed by atoms with Gasteiger partial charge in [0, 0.05) is 38.9 Å². The summed E-state index contributed by atoms with van der Waals surface area (Å²) in [5, 5.41) is 10.9. The molecule has 3 aromatic rings. The molecule has 160 valence electrons. The van der Waals surface area contributed by atoms with Crippen LogP contribution in [-0.4, -0.2) is 29.3 Å². The van der Waals surface area contributed by atoms with Crippen LogP contribution in [0.25, 0.3) is 0 Å². The molecule has 0 saturated heterocycles. The van der Waals surface area contributed by atoms with Crippen molar-refractivity contribution in [2.75, 3.05) is 13.6 Å². The lowest BCUT2D eigenvalue weighted by Crippen LogP contribution is -2.37. The Balaban J connectivity index is 0.00000320. The summed E-state index contributed by atoms with van der Waals surface area (Å²) >= 11 is 0. The number of ether oxygens (including phenoxy) is 1. The SMILES string of the molecule is CN=C(NCCCc1cnn(C)c1)NCc1ccc(C)cc1Oc1ccccc1.I. The number of aliphatic imine (C=N–C) groups is 1. The number of nitrogens with one attached hydrogen (secondary N) is 2. The van der Waals surface area contributed by atoms with Crippen LogP contribution in [0.3, 0.4) is 0 Å². The first kappa shape index (κ1) is 23.7. The zero-order valence-electron chi connectivity index (χ0n) is 17.8. The number of para-hydroxylation sites is 1. The molecule has 0 unspecified atom stereocenters. The van der Waals surface area contributed by atoms with Gasteiger partial charge in [0.25, 0.3) is 0 Å². The fourth-order valence-corrected chi connectivity index (χ4v) is 3.02. The Morgan fingerprint density at radius 1 is 1.13 bits per heavy atom. The van der Waals surface area contributed by atoms with Gasteiger partial charge in [-0.25, -0.2) is 0 Å². The van der Waals surface area contributed by atoms with Crippen molar-refractivity contribution in [2.24, 2.45) is 12.0 Å². The molecule has 0 aliphatic rings. The van der Waals surface area contributed by atoms with E-state index in [1.54, 1.807) is 7.05 Å². The van der Waals surface area contributed by atoms with Crippen LogP contribution in [0.4, 0.5) is 0 Å². The predicted molar refractivity (Wildman–Crippen MR) is 133 cm³/mol. The third-order valence-corrected chi connectivity index (χ3v) is 4.56. The molecule has 1 heterocycles. The zero-order valence-corrected chi connectivity index (χ0v) is 20.1. The Kier molecular flexibility index (Phi) is 9.66. The summed E-state index contributed by atoms with van der Waals surface area (Å²) in [4.78, 5) is 4.32. The van der Waals surface area contributed by atoms with Crippen LogP contribution in [-0.2, 0) is 20.0 Å². The minimum Gasteiger partial charge on any atom is -0.457 e. The Morgan fingerprint density at radius 3 is 2.63 bits per heavy atom. The van der Waals surface area contributed by atoms with E-state index in [-0.39, 0.29) is 24.0 Å². The molecular weight excluding hydrogens is 489 g/mol. The first-order valence-electron chi connectivity index (χ1n) is 9.88. The predicted octanol–water partition coefficient (Wildman–Crippen LogP) is 4.44. The molecule has 0 saturated carbocycles. The summed E-state index contributed by atoms with van der Waals surface area (Å²) < 4.78 is 7.93. The molecule has 6 nitrogen and oxygen atoms in total. The fourth-order valence-electron chi connectivity index (χ4n) is 3.02. The third-order valence-electron chi connectivity index (χ3n) is 4.56. The lowest BCUT2D eigenvalue weighted by Gasteiger charge is -2.15. The summed E-state index contributed by atoms with van der Waals surface area (Å²) in [7, 11) is 3.72. The van der Waals surface area contributed by atoms with Gasteiger partial charge in [-0.15, -0.1) is 24.0 Å². The lowest BCUT2D eigenvalue weighted by molar-refractivity contribution is 0.474. The second kappa shape index (κ2) is 12.2. The van der Waals surface area contributed by atoms with Crippen molar-refractivity contribution in [3.63, 3.8) is 0 Å². The van der Waals surface area contributed by atoms with Gasteiger partial charge in [0.2, 0.25) is 0 Å². The van der Waals surface area contributed by atoms with Crippen molar-refractivity contribution in [1.29, 1.82) is 0 Å². The molecule has 0 fully saturated rings. The summed E-state index contributed by atoms with van der Waals surface area (Å²) in [6, 6.07) is 16.1. The molecule has 0 bridgehead atoms. The maximum absolute atomic E-state index is 6.10. The van der Waals surface area contributed by atoms with Gasteiger partial charge in [0.15, 0.2) is 5.96 Å². The lowest BCUT2D eigenvalue weighted by atomic mass is 10.1. The van der Waals surface area contributed by atoms with Gasteiger partial charge in [-0.05, 0) is 49.1 Å². The highest BCUT2D eigenvalue weighted by atomic mass is 127. The first-order chi connectivity index (χ1) is 14.1. The smallest absolute Gasteiger partial charge is 0.191 e. The molecule has 0 aliphatic carbocycles. The van der Waals surface area contributed by atoms with E-state index in [1.165, 1.54) is 5.56 Å². The Labute approximate surface area is 195 Å². The molecule has 2 N–H and O–H groups in total. The average Bonchev–Trinajstić information content (AvgIpc) is 3.14. The Bertz CT molecular complexity index is 940. The van der Waals surface area contributed by atoms with Gasteiger partial charge < -0.3 is 15.4 Å². The topological polar surface area (TPSA) is 63.5 Å². The molecule has 0 atom stereocenters. The van der Waals surface area contributed by atoms with Crippen molar-refractivity contribution in [3.8, 4) is 11.5 Å². The number of rotatable bonds is 8. The van der Waals surface area contributed by atoms with E-state index in [0.29, 0.717) is 6.54 Å². The number of benzene rings is 2. The van der Waals surface area contributed by atoms with E-state index in [2.05, 4.69) is 52.0 Å². The molecule has 0 radical (unpaired) electrons. The summed E-state index contributed by atoms with van der Waals surface area (Å²) in [6.07, 6.45) is 5.97. The highest BCUT2D eigenvalue weighted by molar-refractivity contribution is 14.0. The van der Waals surface area contributed by atoms with Crippen molar-refractivity contribution in [1.82, 2.24) is 20.4 Å². The number of aromatic nitrogens is 2. The van der Waals surface area contributed by atoms with Gasteiger partial charge in [-0.1, -0.05) is 30.3 Å². The number of nitrogens with zero attached hydrogens (tertiary/aromatic N) is 3.